The maximum atomic E-state index is 12.1. The summed E-state index contributed by atoms with van der Waals surface area (Å²) in [4.78, 5) is 23.4. The van der Waals surface area contributed by atoms with Gasteiger partial charge in [-0.1, -0.05) is 43.3 Å². The van der Waals surface area contributed by atoms with E-state index in [1.165, 1.54) is 10.9 Å². The van der Waals surface area contributed by atoms with Gasteiger partial charge in [0.2, 0.25) is 0 Å². The van der Waals surface area contributed by atoms with Crippen molar-refractivity contribution in [2.24, 2.45) is 10.9 Å². The number of alkyl halides is 3. The van der Waals surface area contributed by atoms with E-state index in [1.54, 1.807) is 24.3 Å². The van der Waals surface area contributed by atoms with Gasteiger partial charge >= 0.3 is 18.2 Å². The number of nitrogens with zero attached hydrogens (tertiary/aromatic N) is 2. The number of carboxylic acid groups (broad SMARTS) is 1. The van der Waals surface area contributed by atoms with Crippen LogP contribution in [0.3, 0.4) is 0 Å². The van der Waals surface area contributed by atoms with Gasteiger partial charge in [-0.25, -0.2) is 9.59 Å². The Hall–Kier alpha value is -4.32. The average Bonchev–Trinajstić information content (AvgIpc) is 2.90. The molecule has 0 aliphatic rings. The molecule has 12 heteroatoms. The molecule has 38 heavy (non-hydrogen) atoms. The van der Waals surface area contributed by atoms with E-state index in [2.05, 4.69) is 53.5 Å². The number of nitrogens with one attached hydrogen (secondary N) is 1. The number of hydrogen-bond acceptors (Lipinski definition) is 6. The maximum Gasteiger partial charge on any atom is 0.490 e. The molecule has 1 amide bonds. The van der Waals surface area contributed by atoms with Crippen LogP contribution in [0.5, 0.6) is 0 Å². The third kappa shape index (κ3) is 9.28. The molecule has 3 rings (SSSR count). The second-order valence-corrected chi connectivity index (χ2v) is 8.04. The monoisotopic (exact) mass is 534 g/mol. The SMILES string of the molecule is CCN(CC)Cc1ccc2cc(COC(=O)Nc3ccc(/C(N)=N/O)cc3)ccc2c1.O=C(O)C(F)(F)F. The molecule has 9 nitrogen and oxygen atoms in total. The molecular weight excluding hydrogens is 505 g/mol. The largest absolute Gasteiger partial charge is 0.490 e. The summed E-state index contributed by atoms with van der Waals surface area (Å²) in [6.45, 7) is 7.51. The van der Waals surface area contributed by atoms with Gasteiger partial charge in [-0.05, 0) is 71.4 Å². The normalized spacial score (nSPS) is 11.6. The highest BCUT2D eigenvalue weighted by Gasteiger charge is 2.38. The van der Waals surface area contributed by atoms with Crippen molar-refractivity contribution in [2.75, 3.05) is 18.4 Å². The number of fused-ring (bicyclic) bond motifs is 1. The van der Waals surface area contributed by atoms with Crippen molar-refractivity contribution in [3.05, 3.63) is 77.4 Å². The molecule has 0 aliphatic heterocycles. The van der Waals surface area contributed by atoms with Crippen molar-refractivity contribution in [1.82, 2.24) is 4.90 Å². The van der Waals surface area contributed by atoms with Crippen LogP contribution in [0.15, 0.2) is 65.8 Å². The van der Waals surface area contributed by atoms with Crippen molar-refractivity contribution in [1.29, 1.82) is 0 Å². The van der Waals surface area contributed by atoms with Crippen LogP contribution in [0, 0.1) is 0 Å². The van der Waals surface area contributed by atoms with Crippen LogP contribution in [0.2, 0.25) is 0 Å². The Kier molecular flexibility index (Phi) is 10.9. The lowest BCUT2D eigenvalue weighted by Crippen LogP contribution is -2.21. The Balaban J connectivity index is 0.000000638. The number of rotatable bonds is 8. The first kappa shape index (κ1) is 29.9. The highest BCUT2D eigenvalue weighted by atomic mass is 19.4. The number of ether oxygens (including phenoxy) is 1. The van der Waals surface area contributed by atoms with E-state index in [1.807, 2.05) is 12.1 Å². The minimum Gasteiger partial charge on any atom is -0.475 e. The number of oxime groups is 1. The third-order valence-corrected chi connectivity index (χ3v) is 5.42. The molecule has 0 bridgehead atoms. The molecule has 0 heterocycles. The lowest BCUT2D eigenvalue weighted by Gasteiger charge is -2.18. The summed E-state index contributed by atoms with van der Waals surface area (Å²) in [5.74, 6) is -2.75. The zero-order valence-electron chi connectivity index (χ0n) is 20.8. The Labute approximate surface area is 217 Å². The van der Waals surface area contributed by atoms with E-state index >= 15 is 0 Å². The predicted octanol–water partition coefficient (Wildman–Crippen LogP) is 5.16. The molecule has 0 aliphatic carbocycles. The molecule has 0 saturated carbocycles. The molecule has 3 aromatic carbocycles. The van der Waals surface area contributed by atoms with Gasteiger partial charge in [-0.15, -0.1) is 0 Å². The Morgan fingerprint density at radius 3 is 2.00 bits per heavy atom. The lowest BCUT2D eigenvalue weighted by atomic mass is 10.0. The molecule has 0 saturated heterocycles. The number of anilines is 1. The number of benzene rings is 3. The summed E-state index contributed by atoms with van der Waals surface area (Å²) in [6.07, 6.45) is -5.63. The number of amidine groups is 1. The van der Waals surface area contributed by atoms with Gasteiger partial charge in [0, 0.05) is 17.8 Å². The van der Waals surface area contributed by atoms with E-state index in [9.17, 15) is 18.0 Å². The number of carbonyl (C=O) groups is 2. The Morgan fingerprint density at radius 1 is 0.974 bits per heavy atom. The predicted molar refractivity (Wildman–Crippen MR) is 137 cm³/mol. The summed E-state index contributed by atoms with van der Waals surface area (Å²) >= 11 is 0. The lowest BCUT2D eigenvalue weighted by molar-refractivity contribution is -0.192. The van der Waals surface area contributed by atoms with E-state index in [0.29, 0.717) is 11.3 Å². The van der Waals surface area contributed by atoms with Crippen LogP contribution in [-0.2, 0) is 22.7 Å². The first-order chi connectivity index (χ1) is 18.0. The molecule has 0 spiro atoms. The van der Waals surface area contributed by atoms with Gasteiger partial charge in [0.1, 0.15) is 6.61 Å². The van der Waals surface area contributed by atoms with Crippen molar-refractivity contribution < 1.29 is 37.8 Å². The standard InChI is InChI=1S/C24H28N4O3.C2HF3O2/c1-3-28(4-2)15-17-5-7-21-14-18(6-8-20(21)13-17)16-31-24(29)26-22-11-9-19(10-12-22)23(25)27-30;3-2(4,5)1(6)7/h5-14,30H,3-4,15-16H2,1-2H3,(H2,25,27)(H,26,29);(H,6,7). The number of hydrogen-bond donors (Lipinski definition) is 4. The zero-order valence-corrected chi connectivity index (χ0v) is 20.8. The number of halogens is 3. The van der Waals surface area contributed by atoms with Crippen LogP contribution in [-0.4, -0.2) is 52.4 Å². The molecule has 204 valence electrons. The molecule has 0 unspecified atom stereocenters. The van der Waals surface area contributed by atoms with Gasteiger partial charge in [0.05, 0.1) is 0 Å². The molecule has 0 atom stereocenters. The molecule has 3 aromatic rings. The summed E-state index contributed by atoms with van der Waals surface area (Å²) < 4.78 is 37.1. The number of amides is 1. The second-order valence-electron chi connectivity index (χ2n) is 8.04. The van der Waals surface area contributed by atoms with Gasteiger partial charge in [-0.2, -0.15) is 13.2 Å². The highest BCUT2D eigenvalue weighted by Crippen LogP contribution is 2.20. The third-order valence-electron chi connectivity index (χ3n) is 5.42. The minimum atomic E-state index is -5.08. The maximum absolute atomic E-state index is 12.1. The summed E-state index contributed by atoms with van der Waals surface area (Å²) in [5.41, 5.74) is 8.84. The van der Waals surface area contributed by atoms with Crippen LogP contribution < -0.4 is 11.1 Å². The van der Waals surface area contributed by atoms with Crippen molar-refractivity contribution in [3.63, 3.8) is 0 Å². The Bertz CT molecular complexity index is 1260. The summed E-state index contributed by atoms with van der Waals surface area (Å²) in [5, 5.41) is 23.7. The fraction of sp³-hybridized carbons (Fsp3) is 0.269. The quantitative estimate of drug-likeness (QED) is 0.136. The van der Waals surface area contributed by atoms with Crippen LogP contribution in [0.1, 0.15) is 30.5 Å². The number of aliphatic carboxylic acids is 1. The molecule has 0 radical (unpaired) electrons. The first-order valence-electron chi connectivity index (χ1n) is 11.5. The number of carboxylic acids is 1. The van der Waals surface area contributed by atoms with E-state index < -0.39 is 18.2 Å². The summed E-state index contributed by atoms with van der Waals surface area (Å²) in [6, 6.07) is 19.1. The fourth-order valence-corrected chi connectivity index (χ4v) is 3.32. The number of carbonyl (C=O) groups excluding carboxylic acids is 1. The smallest absolute Gasteiger partial charge is 0.475 e. The fourth-order valence-electron chi connectivity index (χ4n) is 3.32. The molecular formula is C26H29F3N4O5. The van der Waals surface area contributed by atoms with E-state index in [0.717, 1.165) is 30.6 Å². The second kappa shape index (κ2) is 13.8. The molecule has 0 aromatic heterocycles. The van der Waals surface area contributed by atoms with Gasteiger partial charge in [0.15, 0.2) is 5.84 Å². The van der Waals surface area contributed by atoms with Crippen molar-refractivity contribution >= 4 is 34.4 Å². The van der Waals surface area contributed by atoms with Gasteiger partial charge in [-0.3, -0.25) is 10.2 Å². The average molecular weight is 535 g/mol. The van der Waals surface area contributed by atoms with Crippen LogP contribution in [0.4, 0.5) is 23.7 Å². The zero-order chi connectivity index (χ0) is 28.3. The minimum absolute atomic E-state index is 0.00519. The topological polar surface area (TPSA) is 137 Å². The molecule has 0 fully saturated rings. The first-order valence-corrected chi connectivity index (χ1v) is 11.5. The van der Waals surface area contributed by atoms with Crippen LogP contribution in [0.25, 0.3) is 10.8 Å². The Morgan fingerprint density at radius 2 is 1.50 bits per heavy atom. The van der Waals surface area contributed by atoms with Gasteiger partial charge < -0.3 is 20.8 Å². The number of nitrogens with two attached hydrogens (primary N) is 1. The van der Waals surface area contributed by atoms with Crippen LogP contribution >= 0.6 is 0 Å². The van der Waals surface area contributed by atoms with E-state index in [4.69, 9.17) is 25.6 Å². The van der Waals surface area contributed by atoms with E-state index in [-0.39, 0.29) is 12.4 Å². The van der Waals surface area contributed by atoms with Crippen molar-refractivity contribution in [3.8, 4) is 0 Å². The summed E-state index contributed by atoms with van der Waals surface area (Å²) in [7, 11) is 0. The van der Waals surface area contributed by atoms with Gasteiger partial charge in [0.25, 0.3) is 0 Å². The molecule has 5 N–H and O–H groups in total. The van der Waals surface area contributed by atoms with Crippen molar-refractivity contribution in [2.45, 2.75) is 33.2 Å². The highest BCUT2D eigenvalue weighted by molar-refractivity contribution is 5.97.